The van der Waals surface area contributed by atoms with Crippen LogP contribution in [0.5, 0.6) is 5.75 Å². The maximum Gasteiger partial charge on any atom is 0.262 e. The molecule has 1 N–H and O–H groups in total. The fourth-order valence-electron chi connectivity index (χ4n) is 5.05. The van der Waals surface area contributed by atoms with E-state index in [-0.39, 0.29) is 5.91 Å². The van der Waals surface area contributed by atoms with Crippen LogP contribution in [0.1, 0.15) is 28.8 Å². The molecule has 1 amide bonds. The number of amides is 1. The Morgan fingerprint density at radius 2 is 1.73 bits per heavy atom. The number of benzene rings is 3. The average molecular weight is 572 g/mol. The number of anilines is 2. The Morgan fingerprint density at radius 1 is 0.973 bits per heavy atom. The molecule has 194 valence electrons. The van der Waals surface area contributed by atoms with Crippen molar-refractivity contribution in [2.24, 2.45) is 0 Å². The Morgan fingerprint density at radius 3 is 2.43 bits per heavy atom. The zero-order chi connectivity index (χ0) is 26.0. The Kier molecular flexibility index (Phi) is 7.46. The summed E-state index contributed by atoms with van der Waals surface area (Å²) in [5, 5.41) is 3.68. The number of rotatable bonds is 7. The van der Waals surface area contributed by atoms with E-state index in [1.165, 1.54) is 6.07 Å². The second kappa shape index (κ2) is 10.8. The fraction of sp³-hybridized carbons (Fsp3) is 0.321. The quantitative estimate of drug-likeness (QED) is 0.362. The summed E-state index contributed by atoms with van der Waals surface area (Å²) in [5.41, 5.74) is 2.27. The molecular formula is C28H28BrF2N3O3. The van der Waals surface area contributed by atoms with Gasteiger partial charge in [-0.1, -0.05) is 22.0 Å². The van der Waals surface area contributed by atoms with Crippen LogP contribution in [0.25, 0.3) is 0 Å². The van der Waals surface area contributed by atoms with E-state index >= 15 is 0 Å². The number of carbonyl (C=O) groups excluding carboxylic acids is 1. The van der Waals surface area contributed by atoms with Crippen LogP contribution in [-0.4, -0.2) is 49.9 Å². The van der Waals surface area contributed by atoms with Gasteiger partial charge in [-0.3, -0.25) is 14.6 Å². The Bertz CT molecular complexity index is 1280. The third kappa shape index (κ3) is 5.35. The number of hydrogen-bond acceptors (Lipinski definition) is 5. The van der Waals surface area contributed by atoms with Gasteiger partial charge in [0.2, 0.25) is 0 Å². The van der Waals surface area contributed by atoms with Crippen LogP contribution in [-0.2, 0) is 11.3 Å². The highest BCUT2D eigenvalue weighted by Crippen LogP contribution is 2.42. The largest absolute Gasteiger partial charge is 0.491 e. The third-order valence-corrected chi connectivity index (χ3v) is 7.43. The summed E-state index contributed by atoms with van der Waals surface area (Å²) in [6.45, 7) is 2.80. The topological polar surface area (TPSA) is 54.0 Å². The monoisotopic (exact) mass is 571 g/mol. The molecule has 2 heterocycles. The predicted octanol–water partition coefficient (Wildman–Crippen LogP) is 5.82. The van der Waals surface area contributed by atoms with Crippen molar-refractivity contribution >= 4 is 33.2 Å². The van der Waals surface area contributed by atoms with E-state index in [2.05, 4.69) is 26.1 Å². The summed E-state index contributed by atoms with van der Waals surface area (Å²) in [6, 6.07) is 17.2. The zero-order valence-electron chi connectivity index (χ0n) is 20.5. The van der Waals surface area contributed by atoms with E-state index in [9.17, 15) is 13.6 Å². The lowest BCUT2D eigenvalue weighted by Gasteiger charge is -2.52. The lowest BCUT2D eigenvalue weighted by molar-refractivity contribution is 0.0904. The first-order valence-corrected chi connectivity index (χ1v) is 13.0. The van der Waals surface area contributed by atoms with Crippen molar-refractivity contribution in [3.8, 4) is 5.75 Å². The molecule has 0 aliphatic carbocycles. The van der Waals surface area contributed by atoms with Crippen LogP contribution >= 0.6 is 15.9 Å². The number of likely N-dealkylation sites (tertiary alicyclic amines) is 1. The molecule has 0 atom stereocenters. The van der Waals surface area contributed by atoms with Crippen molar-refractivity contribution in [2.45, 2.75) is 25.0 Å². The van der Waals surface area contributed by atoms with Gasteiger partial charge in [0, 0.05) is 55.4 Å². The first-order chi connectivity index (χ1) is 17.9. The van der Waals surface area contributed by atoms with Crippen LogP contribution in [0, 0.1) is 11.6 Å². The molecule has 0 unspecified atom stereocenters. The lowest BCUT2D eigenvalue weighted by atomic mass is 9.89. The molecule has 2 aliphatic heterocycles. The van der Waals surface area contributed by atoms with Crippen molar-refractivity contribution in [3.05, 3.63) is 87.9 Å². The highest BCUT2D eigenvalue weighted by Gasteiger charge is 2.47. The molecule has 37 heavy (non-hydrogen) atoms. The van der Waals surface area contributed by atoms with Crippen molar-refractivity contribution in [2.75, 3.05) is 43.6 Å². The first-order valence-electron chi connectivity index (χ1n) is 12.2. The second-order valence-electron chi connectivity index (χ2n) is 9.35. The van der Waals surface area contributed by atoms with Crippen molar-refractivity contribution in [3.63, 3.8) is 0 Å². The molecule has 2 aliphatic rings. The third-order valence-electron chi connectivity index (χ3n) is 6.94. The minimum Gasteiger partial charge on any atom is -0.491 e. The summed E-state index contributed by atoms with van der Waals surface area (Å²) in [6.07, 6.45) is 1.31. The van der Waals surface area contributed by atoms with Gasteiger partial charge in [-0.2, -0.15) is 0 Å². The van der Waals surface area contributed by atoms with Gasteiger partial charge in [0.05, 0.1) is 12.2 Å². The first kappa shape index (κ1) is 25.6. The van der Waals surface area contributed by atoms with Gasteiger partial charge in [0.1, 0.15) is 18.0 Å². The molecule has 0 aromatic heterocycles. The molecule has 6 nitrogen and oxygen atoms in total. The van der Waals surface area contributed by atoms with Gasteiger partial charge in [0.25, 0.3) is 5.91 Å². The number of nitrogens with zero attached hydrogens (tertiary/aromatic N) is 2. The average Bonchev–Trinajstić information content (AvgIpc) is 2.88. The Balaban J connectivity index is 1.40. The van der Waals surface area contributed by atoms with Gasteiger partial charge in [-0.25, -0.2) is 8.78 Å². The van der Waals surface area contributed by atoms with Crippen LogP contribution in [0.2, 0.25) is 0 Å². The smallest absolute Gasteiger partial charge is 0.262 e. The van der Waals surface area contributed by atoms with E-state index in [1.807, 2.05) is 47.4 Å². The Labute approximate surface area is 223 Å². The summed E-state index contributed by atoms with van der Waals surface area (Å²) in [5.74, 6) is -1.04. The highest BCUT2D eigenvalue weighted by atomic mass is 79.9. The molecular weight excluding hydrogens is 544 g/mol. The zero-order valence-corrected chi connectivity index (χ0v) is 22.1. The number of nitrogens with one attached hydrogen (secondary N) is 1. The second-order valence-corrected chi connectivity index (χ2v) is 10.3. The summed E-state index contributed by atoms with van der Waals surface area (Å²) in [4.78, 5) is 17.9. The SMILES string of the molecule is COCCOc1ccc(N2C(=O)c3ccc(Br)cc3NC23CCN(Cc2ccc(F)c(F)c2)CC3)cc1. The number of ether oxygens (including phenoxy) is 2. The predicted molar refractivity (Wildman–Crippen MR) is 142 cm³/mol. The van der Waals surface area contributed by atoms with Crippen LogP contribution in [0.15, 0.2) is 65.1 Å². The molecule has 3 aromatic rings. The standard InChI is InChI=1S/C28H28BrF2N3O3/c1-36-14-15-37-22-6-4-21(5-7-22)34-27(35)23-8-3-20(29)17-26(23)32-28(34)10-12-33(13-11-28)18-19-2-9-24(30)25(31)16-19/h2-9,16-17,32H,10-15,18H2,1H3. The maximum absolute atomic E-state index is 13.9. The molecule has 0 radical (unpaired) electrons. The molecule has 1 fully saturated rings. The van der Waals surface area contributed by atoms with Gasteiger partial charge in [0.15, 0.2) is 11.6 Å². The fourth-order valence-corrected chi connectivity index (χ4v) is 5.41. The molecule has 9 heteroatoms. The minimum atomic E-state index is -0.846. The van der Waals surface area contributed by atoms with Gasteiger partial charge in [-0.15, -0.1) is 0 Å². The van der Waals surface area contributed by atoms with Gasteiger partial charge >= 0.3 is 0 Å². The summed E-state index contributed by atoms with van der Waals surface area (Å²) < 4.78 is 38.7. The van der Waals surface area contributed by atoms with E-state index in [1.54, 1.807) is 13.2 Å². The molecule has 5 rings (SSSR count). The van der Waals surface area contributed by atoms with Crippen molar-refractivity contribution in [1.29, 1.82) is 0 Å². The van der Waals surface area contributed by atoms with Crippen LogP contribution < -0.4 is 15.0 Å². The van der Waals surface area contributed by atoms with Crippen molar-refractivity contribution in [1.82, 2.24) is 4.90 Å². The van der Waals surface area contributed by atoms with Crippen molar-refractivity contribution < 1.29 is 23.0 Å². The van der Waals surface area contributed by atoms with E-state index in [0.717, 1.165) is 27.5 Å². The molecule has 0 bridgehead atoms. The number of piperidine rings is 1. The minimum absolute atomic E-state index is 0.0663. The number of fused-ring (bicyclic) bond motifs is 1. The maximum atomic E-state index is 13.9. The number of halogens is 3. The summed E-state index contributed by atoms with van der Waals surface area (Å²) in [7, 11) is 1.63. The number of carbonyl (C=O) groups is 1. The summed E-state index contributed by atoms with van der Waals surface area (Å²) >= 11 is 3.52. The van der Waals surface area contributed by atoms with Gasteiger partial charge in [-0.05, 0) is 60.2 Å². The molecule has 1 saturated heterocycles. The number of methoxy groups -OCH3 is 1. The number of hydrogen-bond donors (Lipinski definition) is 1. The highest BCUT2D eigenvalue weighted by molar-refractivity contribution is 9.10. The molecule has 3 aromatic carbocycles. The van der Waals surface area contributed by atoms with Gasteiger partial charge < -0.3 is 14.8 Å². The normalized spacial score (nSPS) is 17.0. The molecule has 0 saturated carbocycles. The lowest BCUT2D eigenvalue weighted by Crippen LogP contribution is -2.64. The Hall–Kier alpha value is -3.01. The molecule has 1 spiro atoms. The van der Waals surface area contributed by atoms with Crippen LogP contribution in [0.3, 0.4) is 0 Å². The van der Waals surface area contributed by atoms with Crippen LogP contribution in [0.4, 0.5) is 20.2 Å². The van der Waals surface area contributed by atoms with E-state index < -0.39 is 17.3 Å². The van der Waals surface area contributed by atoms with E-state index in [4.69, 9.17) is 9.47 Å². The van der Waals surface area contributed by atoms with E-state index in [0.29, 0.717) is 57.0 Å².